The van der Waals surface area contributed by atoms with Crippen molar-refractivity contribution in [1.82, 2.24) is 0 Å². The highest BCUT2D eigenvalue weighted by Crippen LogP contribution is 2.27. The Labute approximate surface area is 111 Å². The molecule has 2 N–H and O–H groups in total. The van der Waals surface area contributed by atoms with E-state index in [1.54, 1.807) is 25.1 Å². The molecule has 0 radical (unpaired) electrons. The van der Waals surface area contributed by atoms with E-state index in [0.29, 0.717) is 11.1 Å². The molecule has 0 fully saturated rings. The molecule has 0 bridgehead atoms. The number of carboxylic acid groups (broad SMARTS) is 1. The Morgan fingerprint density at radius 1 is 1.05 bits per heavy atom. The fraction of sp³-hybridized carbons (Fsp3) is 0.0625. The number of hydrogen-bond donors (Lipinski definition) is 2. The molecule has 0 aliphatic carbocycles. The van der Waals surface area contributed by atoms with Crippen LogP contribution in [0.25, 0.3) is 5.57 Å². The van der Waals surface area contributed by atoms with Gasteiger partial charge in [0.1, 0.15) is 5.75 Å². The van der Waals surface area contributed by atoms with Crippen LogP contribution in [-0.2, 0) is 4.79 Å². The van der Waals surface area contributed by atoms with Gasteiger partial charge in [0, 0.05) is 6.08 Å². The average molecular weight is 254 g/mol. The number of aromatic hydroxyl groups is 1. The van der Waals surface area contributed by atoms with E-state index < -0.39 is 5.97 Å². The Balaban J connectivity index is 2.56. The van der Waals surface area contributed by atoms with E-state index in [4.69, 9.17) is 5.11 Å². The summed E-state index contributed by atoms with van der Waals surface area (Å²) >= 11 is 0. The van der Waals surface area contributed by atoms with Crippen LogP contribution in [0.2, 0.25) is 0 Å². The third-order valence-electron chi connectivity index (χ3n) is 2.86. The van der Waals surface area contributed by atoms with E-state index in [9.17, 15) is 9.90 Å². The van der Waals surface area contributed by atoms with Gasteiger partial charge in [-0.05, 0) is 41.3 Å². The standard InChI is InChI=1S/C16H14O3/c1-11-9-13(7-8-15(11)17)14(10-16(18)19)12-5-3-2-4-6-12/h2-10,17H,1H3,(H,18,19)/b14-10+. The molecule has 0 aliphatic heterocycles. The smallest absolute Gasteiger partial charge is 0.328 e. The Morgan fingerprint density at radius 2 is 1.74 bits per heavy atom. The molecular formula is C16H14O3. The zero-order valence-corrected chi connectivity index (χ0v) is 10.5. The maximum atomic E-state index is 11.0. The lowest BCUT2D eigenvalue weighted by molar-refractivity contribution is -0.131. The maximum Gasteiger partial charge on any atom is 0.328 e. The lowest BCUT2D eigenvalue weighted by atomic mass is 9.96. The van der Waals surface area contributed by atoms with Crippen LogP contribution in [0.4, 0.5) is 0 Å². The van der Waals surface area contributed by atoms with Crippen LogP contribution in [0.5, 0.6) is 5.75 Å². The number of carbonyl (C=O) groups is 1. The van der Waals surface area contributed by atoms with Crippen molar-refractivity contribution in [2.45, 2.75) is 6.92 Å². The number of phenolic OH excluding ortho intramolecular Hbond substituents is 1. The first-order valence-corrected chi connectivity index (χ1v) is 5.88. The Bertz CT molecular complexity index is 628. The largest absolute Gasteiger partial charge is 0.508 e. The summed E-state index contributed by atoms with van der Waals surface area (Å²) in [5, 5.41) is 18.5. The van der Waals surface area contributed by atoms with Crippen molar-refractivity contribution in [1.29, 1.82) is 0 Å². The normalized spacial score (nSPS) is 11.3. The molecule has 0 saturated carbocycles. The van der Waals surface area contributed by atoms with Crippen molar-refractivity contribution < 1.29 is 15.0 Å². The molecule has 19 heavy (non-hydrogen) atoms. The van der Waals surface area contributed by atoms with Crippen molar-refractivity contribution in [2.24, 2.45) is 0 Å². The highest BCUT2D eigenvalue weighted by Gasteiger charge is 2.08. The summed E-state index contributed by atoms with van der Waals surface area (Å²) in [4.78, 5) is 11.0. The summed E-state index contributed by atoms with van der Waals surface area (Å²) in [6.45, 7) is 1.78. The molecule has 3 heteroatoms. The fourth-order valence-electron chi connectivity index (χ4n) is 1.90. The van der Waals surface area contributed by atoms with Crippen LogP contribution in [0.1, 0.15) is 16.7 Å². The molecule has 0 aliphatic rings. The van der Waals surface area contributed by atoms with E-state index >= 15 is 0 Å². The van der Waals surface area contributed by atoms with E-state index in [1.807, 2.05) is 30.3 Å². The SMILES string of the molecule is Cc1cc(/C(=C/C(=O)O)c2ccccc2)ccc1O. The molecule has 0 aromatic heterocycles. The number of aryl methyl sites for hydroxylation is 1. The summed E-state index contributed by atoms with van der Waals surface area (Å²) in [5.74, 6) is -0.795. The van der Waals surface area contributed by atoms with Gasteiger partial charge in [-0.1, -0.05) is 36.4 Å². The number of aliphatic carboxylic acids is 1. The molecule has 0 unspecified atom stereocenters. The second-order valence-electron chi connectivity index (χ2n) is 4.26. The molecule has 0 heterocycles. The minimum Gasteiger partial charge on any atom is -0.508 e. The van der Waals surface area contributed by atoms with Gasteiger partial charge >= 0.3 is 5.97 Å². The first-order valence-electron chi connectivity index (χ1n) is 5.88. The lowest BCUT2D eigenvalue weighted by Gasteiger charge is -2.09. The second kappa shape index (κ2) is 5.40. The van der Waals surface area contributed by atoms with Crippen LogP contribution >= 0.6 is 0 Å². The topological polar surface area (TPSA) is 57.5 Å². The van der Waals surface area contributed by atoms with Crippen molar-refractivity contribution in [3.63, 3.8) is 0 Å². The molecule has 2 rings (SSSR count). The van der Waals surface area contributed by atoms with E-state index in [1.165, 1.54) is 6.08 Å². The third-order valence-corrected chi connectivity index (χ3v) is 2.86. The summed E-state index contributed by atoms with van der Waals surface area (Å²) in [6.07, 6.45) is 1.18. The Hall–Kier alpha value is -2.55. The van der Waals surface area contributed by atoms with Gasteiger partial charge in [0.05, 0.1) is 0 Å². The number of phenols is 1. The van der Waals surface area contributed by atoms with Gasteiger partial charge in [-0.25, -0.2) is 4.79 Å². The van der Waals surface area contributed by atoms with Gasteiger partial charge in [-0.3, -0.25) is 0 Å². The molecule has 96 valence electrons. The second-order valence-corrected chi connectivity index (χ2v) is 4.26. The average Bonchev–Trinajstić information content (AvgIpc) is 2.40. The monoisotopic (exact) mass is 254 g/mol. The molecule has 0 atom stereocenters. The van der Waals surface area contributed by atoms with Crippen LogP contribution in [0.3, 0.4) is 0 Å². The number of carboxylic acids is 1. The molecule has 0 saturated heterocycles. The van der Waals surface area contributed by atoms with E-state index in [0.717, 1.165) is 11.1 Å². The predicted molar refractivity (Wildman–Crippen MR) is 74.0 cm³/mol. The Kier molecular flexibility index (Phi) is 3.66. The number of benzene rings is 2. The zero-order valence-electron chi connectivity index (χ0n) is 10.5. The van der Waals surface area contributed by atoms with Crippen molar-refractivity contribution in [3.05, 3.63) is 71.3 Å². The van der Waals surface area contributed by atoms with E-state index in [-0.39, 0.29) is 5.75 Å². The van der Waals surface area contributed by atoms with Crippen molar-refractivity contribution in [3.8, 4) is 5.75 Å². The molecular weight excluding hydrogens is 240 g/mol. The summed E-state index contributed by atoms with van der Waals surface area (Å²) in [7, 11) is 0. The summed E-state index contributed by atoms with van der Waals surface area (Å²) < 4.78 is 0. The highest BCUT2D eigenvalue weighted by atomic mass is 16.4. The quantitative estimate of drug-likeness (QED) is 0.827. The van der Waals surface area contributed by atoms with Gasteiger partial charge in [0.2, 0.25) is 0 Å². The minimum absolute atomic E-state index is 0.200. The first kappa shape index (κ1) is 12.9. The van der Waals surface area contributed by atoms with Gasteiger partial charge in [0.25, 0.3) is 0 Å². The fourth-order valence-corrected chi connectivity index (χ4v) is 1.90. The van der Waals surface area contributed by atoms with Gasteiger partial charge in [0.15, 0.2) is 0 Å². The molecule has 2 aromatic carbocycles. The molecule has 0 amide bonds. The Morgan fingerprint density at radius 3 is 2.32 bits per heavy atom. The lowest BCUT2D eigenvalue weighted by Crippen LogP contribution is -1.95. The van der Waals surface area contributed by atoms with Gasteiger partial charge in [-0.15, -0.1) is 0 Å². The van der Waals surface area contributed by atoms with Crippen LogP contribution in [0.15, 0.2) is 54.6 Å². The maximum absolute atomic E-state index is 11.0. The number of rotatable bonds is 3. The van der Waals surface area contributed by atoms with Gasteiger partial charge < -0.3 is 10.2 Å². The molecule has 0 spiro atoms. The van der Waals surface area contributed by atoms with Crippen molar-refractivity contribution in [2.75, 3.05) is 0 Å². The first-order chi connectivity index (χ1) is 9.08. The highest BCUT2D eigenvalue weighted by molar-refractivity contribution is 5.95. The summed E-state index contributed by atoms with van der Waals surface area (Å²) in [6, 6.07) is 14.4. The molecule has 2 aromatic rings. The minimum atomic E-state index is -0.996. The predicted octanol–water partition coefficient (Wildman–Crippen LogP) is 3.22. The van der Waals surface area contributed by atoms with Crippen molar-refractivity contribution >= 4 is 11.5 Å². The number of hydrogen-bond acceptors (Lipinski definition) is 2. The van der Waals surface area contributed by atoms with Gasteiger partial charge in [-0.2, -0.15) is 0 Å². The van der Waals surface area contributed by atoms with Crippen LogP contribution in [0, 0.1) is 6.92 Å². The van der Waals surface area contributed by atoms with Crippen LogP contribution < -0.4 is 0 Å². The third kappa shape index (κ3) is 3.01. The van der Waals surface area contributed by atoms with Crippen LogP contribution in [-0.4, -0.2) is 16.2 Å². The zero-order chi connectivity index (χ0) is 13.8. The van der Waals surface area contributed by atoms with E-state index in [2.05, 4.69) is 0 Å². The molecule has 3 nitrogen and oxygen atoms in total. The summed E-state index contributed by atoms with van der Waals surface area (Å²) in [5.41, 5.74) is 2.93.